The van der Waals surface area contributed by atoms with Gasteiger partial charge in [-0.25, -0.2) is 4.98 Å². The standard InChI is InChI=1S/C20H19F3N2OS/c1-14-5-7-15(8-6-14)11-25-18(12-26)10-24-19(25)27-13-16-3-2-4-17(9-16)20(21,22)23/h2-10,26H,11-13H2,1H3. The highest BCUT2D eigenvalue weighted by molar-refractivity contribution is 7.98. The van der Waals surface area contributed by atoms with Crippen molar-refractivity contribution >= 4 is 11.8 Å². The minimum Gasteiger partial charge on any atom is -0.390 e. The number of aryl methyl sites for hydroxylation is 1. The monoisotopic (exact) mass is 392 g/mol. The number of aliphatic hydroxyl groups is 1. The van der Waals surface area contributed by atoms with Crippen LogP contribution < -0.4 is 0 Å². The number of benzene rings is 2. The molecule has 7 heteroatoms. The Kier molecular flexibility index (Phi) is 5.92. The quantitative estimate of drug-likeness (QED) is 0.597. The molecule has 142 valence electrons. The van der Waals surface area contributed by atoms with Crippen molar-refractivity contribution in [2.75, 3.05) is 0 Å². The average Bonchev–Trinajstić information content (AvgIpc) is 3.03. The van der Waals surface area contributed by atoms with Gasteiger partial charge < -0.3 is 9.67 Å². The van der Waals surface area contributed by atoms with Crippen LogP contribution in [0.3, 0.4) is 0 Å². The zero-order valence-corrected chi connectivity index (χ0v) is 15.5. The van der Waals surface area contributed by atoms with E-state index < -0.39 is 11.7 Å². The molecule has 1 N–H and O–H groups in total. The summed E-state index contributed by atoms with van der Waals surface area (Å²) in [6.45, 7) is 2.40. The Labute approximate surface area is 159 Å². The van der Waals surface area contributed by atoms with Crippen molar-refractivity contribution < 1.29 is 18.3 Å². The van der Waals surface area contributed by atoms with Crippen LogP contribution in [0.25, 0.3) is 0 Å². The molecular formula is C20H19F3N2OS. The van der Waals surface area contributed by atoms with Crippen LogP contribution in [0.15, 0.2) is 59.9 Å². The van der Waals surface area contributed by atoms with E-state index in [2.05, 4.69) is 4.98 Å². The zero-order valence-electron chi connectivity index (χ0n) is 14.7. The fourth-order valence-electron chi connectivity index (χ4n) is 2.66. The lowest BCUT2D eigenvalue weighted by molar-refractivity contribution is -0.137. The Morgan fingerprint density at radius 1 is 1.07 bits per heavy atom. The number of aliphatic hydroxyl groups excluding tert-OH is 1. The SMILES string of the molecule is Cc1ccc(Cn2c(CO)cnc2SCc2cccc(C(F)(F)F)c2)cc1. The third-order valence-electron chi connectivity index (χ3n) is 4.15. The van der Waals surface area contributed by atoms with Gasteiger partial charge in [-0.3, -0.25) is 0 Å². The highest BCUT2D eigenvalue weighted by Crippen LogP contribution is 2.31. The normalized spacial score (nSPS) is 11.7. The molecule has 0 amide bonds. The maximum Gasteiger partial charge on any atom is 0.416 e. The molecule has 0 aliphatic rings. The first-order valence-corrected chi connectivity index (χ1v) is 9.35. The van der Waals surface area contributed by atoms with Crippen molar-refractivity contribution in [2.24, 2.45) is 0 Å². The predicted molar refractivity (Wildman–Crippen MR) is 99.4 cm³/mol. The summed E-state index contributed by atoms with van der Waals surface area (Å²) < 4.78 is 40.5. The summed E-state index contributed by atoms with van der Waals surface area (Å²) >= 11 is 1.35. The highest BCUT2D eigenvalue weighted by Gasteiger charge is 2.30. The number of hydrogen-bond acceptors (Lipinski definition) is 3. The molecule has 0 aliphatic carbocycles. The second-order valence-electron chi connectivity index (χ2n) is 6.25. The maximum absolute atomic E-state index is 12.9. The number of imidazole rings is 1. The van der Waals surface area contributed by atoms with Gasteiger partial charge in [0, 0.05) is 12.3 Å². The van der Waals surface area contributed by atoms with Crippen LogP contribution in [-0.4, -0.2) is 14.7 Å². The highest BCUT2D eigenvalue weighted by atomic mass is 32.2. The van der Waals surface area contributed by atoms with Crippen molar-refractivity contribution in [1.29, 1.82) is 0 Å². The molecule has 3 nitrogen and oxygen atoms in total. The van der Waals surface area contributed by atoms with Crippen LogP contribution in [0.1, 0.15) is 27.9 Å². The van der Waals surface area contributed by atoms with E-state index in [4.69, 9.17) is 0 Å². The summed E-state index contributed by atoms with van der Waals surface area (Å²) in [5.41, 5.74) is 2.81. The van der Waals surface area contributed by atoms with Crippen LogP contribution in [0.2, 0.25) is 0 Å². The van der Waals surface area contributed by atoms with Gasteiger partial charge >= 0.3 is 6.18 Å². The van der Waals surface area contributed by atoms with Crippen molar-refractivity contribution in [3.05, 3.63) is 82.7 Å². The molecule has 0 atom stereocenters. The van der Waals surface area contributed by atoms with Gasteiger partial charge in [-0.15, -0.1) is 0 Å². The fourth-order valence-corrected chi connectivity index (χ4v) is 3.60. The molecule has 0 spiro atoms. The molecule has 0 radical (unpaired) electrons. The van der Waals surface area contributed by atoms with Crippen LogP contribution in [-0.2, 0) is 25.1 Å². The smallest absolute Gasteiger partial charge is 0.390 e. The molecule has 27 heavy (non-hydrogen) atoms. The molecule has 0 saturated carbocycles. The van der Waals surface area contributed by atoms with Gasteiger partial charge in [-0.05, 0) is 24.1 Å². The molecule has 1 aromatic heterocycles. The fraction of sp³-hybridized carbons (Fsp3) is 0.250. The van der Waals surface area contributed by atoms with E-state index in [-0.39, 0.29) is 6.61 Å². The largest absolute Gasteiger partial charge is 0.416 e. The molecule has 3 rings (SSSR count). The Morgan fingerprint density at radius 2 is 1.81 bits per heavy atom. The number of alkyl halides is 3. The molecule has 0 unspecified atom stereocenters. The molecule has 0 saturated heterocycles. The summed E-state index contributed by atoms with van der Waals surface area (Å²) in [6.07, 6.45) is -2.75. The lowest BCUT2D eigenvalue weighted by atomic mass is 10.1. The lowest BCUT2D eigenvalue weighted by Gasteiger charge is -2.12. The van der Waals surface area contributed by atoms with Crippen molar-refractivity contribution in [1.82, 2.24) is 9.55 Å². The Balaban J connectivity index is 1.77. The number of nitrogens with zero attached hydrogens (tertiary/aromatic N) is 2. The van der Waals surface area contributed by atoms with E-state index in [9.17, 15) is 18.3 Å². The van der Waals surface area contributed by atoms with Gasteiger partial charge in [-0.2, -0.15) is 13.2 Å². The number of halogens is 3. The van der Waals surface area contributed by atoms with E-state index in [1.54, 1.807) is 12.3 Å². The minimum atomic E-state index is -4.35. The third kappa shape index (κ3) is 4.93. The van der Waals surface area contributed by atoms with Crippen LogP contribution in [0, 0.1) is 6.92 Å². The zero-order chi connectivity index (χ0) is 19.4. The Morgan fingerprint density at radius 3 is 2.48 bits per heavy atom. The van der Waals surface area contributed by atoms with Gasteiger partial charge in [0.05, 0.1) is 24.1 Å². The number of hydrogen-bond donors (Lipinski definition) is 1. The van der Waals surface area contributed by atoms with Gasteiger partial charge in [0.15, 0.2) is 5.16 Å². The number of thioether (sulfide) groups is 1. The molecule has 1 heterocycles. The Hall–Kier alpha value is -2.25. The summed E-state index contributed by atoms with van der Waals surface area (Å²) in [5, 5.41) is 10.2. The van der Waals surface area contributed by atoms with Crippen molar-refractivity contribution in [3.63, 3.8) is 0 Å². The first kappa shape index (κ1) is 19.5. The van der Waals surface area contributed by atoms with E-state index in [0.29, 0.717) is 28.7 Å². The summed E-state index contributed by atoms with van der Waals surface area (Å²) in [6, 6.07) is 13.4. The second kappa shape index (κ2) is 8.19. The summed E-state index contributed by atoms with van der Waals surface area (Å²) in [5.74, 6) is 0.361. The molecule has 0 aliphatic heterocycles. The first-order chi connectivity index (χ1) is 12.9. The topological polar surface area (TPSA) is 38.0 Å². The summed E-state index contributed by atoms with van der Waals surface area (Å²) in [4.78, 5) is 4.33. The lowest BCUT2D eigenvalue weighted by Crippen LogP contribution is -2.06. The predicted octanol–water partition coefficient (Wildman–Crippen LogP) is 5.04. The molecular weight excluding hydrogens is 373 g/mol. The van der Waals surface area contributed by atoms with Gasteiger partial charge in [-0.1, -0.05) is 59.8 Å². The van der Waals surface area contributed by atoms with E-state index >= 15 is 0 Å². The number of aromatic nitrogens is 2. The van der Waals surface area contributed by atoms with Crippen LogP contribution in [0.4, 0.5) is 13.2 Å². The minimum absolute atomic E-state index is 0.150. The average molecular weight is 392 g/mol. The molecule has 0 bridgehead atoms. The van der Waals surface area contributed by atoms with Crippen LogP contribution in [0.5, 0.6) is 0 Å². The number of rotatable bonds is 6. The second-order valence-corrected chi connectivity index (χ2v) is 7.19. The van der Waals surface area contributed by atoms with E-state index in [1.807, 2.05) is 35.8 Å². The molecule has 3 aromatic rings. The van der Waals surface area contributed by atoms with E-state index in [0.717, 1.165) is 23.3 Å². The van der Waals surface area contributed by atoms with Crippen molar-refractivity contribution in [3.8, 4) is 0 Å². The summed E-state index contributed by atoms with van der Waals surface area (Å²) in [7, 11) is 0. The van der Waals surface area contributed by atoms with Crippen molar-refractivity contribution in [2.45, 2.75) is 37.2 Å². The Bertz CT molecular complexity index is 904. The van der Waals surface area contributed by atoms with Gasteiger partial charge in [0.25, 0.3) is 0 Å². The molecule has 2 aromatic carbocycles. The van der Waals surface area contributed by atoms with Gasteiger partial charge in [0.2, 0.25) is 0 Å². The van der Waals surface area contributed by atoms with Crippen LogP contribution >= 0.6 is 11.8 Å². The molecule has 0 fully saturated rings. The van der Waals surface area contributed by atoms with Gasteiger partial charge in [0.1, 0.15) is 0 Å². The third-order valence-corrected chi connectivity index (χ3v) is 5.21. The van der Waals surface area contributed by atoms with E-state index in [1.165, 1.54) is 17.8 Å². The maximum atomic E-state index is 12.9. The first-order valence-electron chi connectivity index (χ1n) is 8.36.